The van der Waals surface area contributed by atoms with Crippen LogP contribution in [0.1, 0.15) is 30.4 Å². The predicted octanol–water partition coefficient (Wildman–Crippen LogP) is 3.74. The number of methoxy groups -OCH3 is 3. The van der Waals surface area contributed by atoms with Gasteiger partial charge in [0.2, 0.25) is 5.75 Å². The maximum absolute atomic E-state index is 13.1. The van der Waals surface area contributed by atoms with E-state index in [4.69, 9.17) is 18.9 Å². The molecule has 2 aromatic carbocycles. The molecule has 0 saturated carbocycles. The molecule has 0 bridgehead atoms. The van der Waals surface area contributed by atoms with Gasteiger partial charge in [-0.3, -0.25) is 9.59 Å². The molecule has 0 aromatic heterocycles. The van der Waals surface area contributed by atoms with Gasteiger partial charge in [0.1, 0.15) is 11.7 Å². The highest BCUT2D eigenvalue weighted by Gasteiger charge is 2.40. The summed E-state index contributed by atoms with van der Waals surface area (Å²) in [6, 6.07) is 10.3. The lowest BCUT2D eigenvalue weighted by Gasteiger charge is -2.30. The number of phenolic OH excluding ortho intramolecular Hbond substituents is 1. The Balaban J connectivity index is 2.15. The quantitative estimate of drug-likeness (QED) is 0.533. The van der Waals surface area contributed by atoms with Crippen LogP contribution in [0, 0.1) is 5.92 Å². The molecule has 0 aliphatic heterocycles. The standard InChI is InChI=1S/C24H26O7/c1-5-31-24(27)22-17(15-12-20(28-2)23(30-4)21(13-15)29-3)10-14(11-19(22)26)16-8-6-7-9-18(16)25/h6-9,11-13,17,22,25H,5,10H2,1-4H3. The van der Waals surface area contributed by atoms with Crippen molar-refractivity contribution in [3.8, 4) is 23.0 Å². The SMILES string of the molecule is CCOC(=O)C1C(=O)C=C(c2ccccc2O)CC1c1cc(OC)c(OC)c(OC)c1. The molecule has 1 aliphatic rings. The minimum atomic E-state index is -1.02. The molecule has 2 atom stereocenters. The van der Waals surface area contributed by atoms with Crippen molar-refractivity contribution < 1.29 is 33.6 Å². The average Bonchev–Trinajstić information content (AvgIpc) is 2.77. The topological polar surface area (TPSA) is 91.3 Å². The molecule has 0 fully saturated rings. The van der Waals surface area contributed by atoms with Gasteiger partial charge in [-0.25, -0.2) is 0 Å². The van der Waals surface area contributed by atoms with Gasteiger partial charge in [0.05, 0.1) is 27.9 Å². The molecule has 3 rings (SSSR count). The van der Waals surface area contributed by atoms with Crippen LogP contribution >= 0.6 is 0 Å². The first kappa shape index (κ1) is 22.2. The smallest absolute Gasteiger partial charge is 0.317 e. The fraction of sp³-hybridized carbons (Fsp3) is 0.333. The highest BCUT2D eigenvalue weighted by molar-refractivity contribution is 6.11. The van der Waals surface area contributed by atoms with Gasteiger partial charge < -0.3 is 24.1 Å². The van der Waals surface area contributed by atoms with Gasteiger partial charge in [-0.05, 0) is 48.8 Å². The summed E-state index contributed by atoms with van der Waals surface area (Å²) in [6.07, 6.45) is 1.76. The Morgan fingerprint density at radius 1 is 1.06 bits per heavy atom. The van der Waals surface area contributed by atoms with E-state index in [0.29, 0.717) is 40.4 Å². The summed E-state index contributed by atoms with van der Waals surface area (Å²) in [4.78, 5) is 25.8. The molecular formula is C24H26O7. The lowest BCUT2D eigenvalue weighted by molar-refractivity contribution is -0.151. The summed E-state index contributed by atoms with van der Waals surface area (Å²) in [6.45, 7) is 1.86. The molecule has 0 radical (unpaired) electrons. The molecular weight excluding hydrogens is 400 g/mol. The number of hydrogen-bond acceptors (Lipinski definition) is 7. The van der Waals surface area contributed by atoms with Crippen LogP contribution in [0.2, 0.25) is 0 Å². The summed E-state index contributed by atoms with van der Waals surface area (Å²) in [5, 5.41) is 10.3. The van der Waals surface area contributed by atoms with Crippen LogP contribution in [0.15, 0.2) is 42.5 Å². The molecule has 0 saturated heterocycles. The fourth-order valence-electron chi connectivity index (χ4n) is 3.94. The first-order chi connectivity index (χ1) is 14.9. The third-order valence-corrected chi connectivity index (χ3v) is 5.37. The summed E-state index contributed by atoms with van der Waals surface area (Å²) in [7, 11) is 4.51. The van der Waals surface area contributed by atoms with Crippen LogP contribution in [0.3, 0.4) is 0 Å². The second kappa shape index (κ2) is 9.55. The highest BCUT2D eigenvalue weighted by Crippen LogP contribution is 2.46. The Morgan fingerprint density at radius 3 is 2.26 bits per heavy atom. The van der Waals surface area contributed by atoms with Crippen molar-refractivity contribution in [3.63, 3.8) is 0 Å². The number of esters is 1. The molecule has 1 aliphatic carbocycles. The number of aromatic hydroxyl groups is 1. The van der Waals surface area contributed by atoms with Gasteiger partial charge in [0.25, 0.3) is 0 Å². The lowest BCUT2D eigenvalue weighted by Crippen LogP contribution is -2.34. The van der Waals surface area contributed by atoms with E-state index in [9.17, 15) is 14.7 Å². The third kappa shape index (κ3) is 4.35. The number of carbonyl (C=O) groups excluding carboxylic acids is 2. The fourth-order valence-corrected chi connectivity index (χ4v) is 3.94. The summed E-state index contributed by atoms with van der Waals surface area (Å²) < 4.78 is 21.5. The van der Waals surface area contributed by atoms with E-state index in [1.54, 1.807) is 43.3 Å². The largest absolute Gasteiger partial charge is 0.507 e. The molecule has 2 unspecified atom stereocenters. The predicted molar refractivity (Wildman–Crippen MR) is 115 cm³/mol. The van der Waals surface area contributed by atoms with Gasteiger partial charge in [-0.2, -0.15) is 0 Å². The zero-order valence-electron chi connectivity index (χ0n) is 18.0. The van der Waals surface area contributed by atoms with Crippen LogP contribution in [-0.4, -0.2) is 44.8 Å². The van der Waals surface area contributed by atoms with Crippen LogP contribution in [0.25, 0.3) is 5.57 Å². The molecule has 1 N–H and O–H groups in total. The minimum Gasteiger partial charge on any atom is -0.507 e. The van der Waals surface area contributed by atoms with Crippen LogP contribution < -0.4 is 14.2 Å². The zero-order valence-corrected chi connectivity index (χ0v) is 18.0. The highest BCUT2D eigenvalue weighted by atomic mass is 16.5. The van der Waals surface area contributed by atoms with Crippen LogP contribution in [-0.2, 0) is 14.3 Å². The van der Waals surface area contributed by atoms with E-state index in [1.807, 2.05) is 0 Å². The molecule has 7 nitrogen and oxygen atoms in total. The molecule has 31 heavy (non-hydrogen) atoms. The number of rotatable bonds is 7. The Kier molecular flexibility index (Phi) is 6.84. The summed E-state index contributed by atoms with van der Waals surface area (Å²) in [5.74, 6) is -1.19. The number of allylic oxidation sites excluding steroid dienone is 2. The van der Waals surface area contributed by atoms with E-state index >= 15 is 0 Å². The maximum Gasteiger partial charge on any atom is 0.317 e. The zero-order chi connectivity index (χ0) is 22.5. The van der Waals surface area contributed by atoms with E-state index in [-0.39, 0.29) is 18.1 Å². The monoisotopic (exact) mass is 426 g/mol. The van der Waals surface area contributed by atoms with Crippen LogP contribution in [0.5, 0.6) is 23.0 Å². The molecule has 2 aromatic rings. The molecule has 0 amide bonds. The summed E-state index contributed by atoms with van der Waals surface area (Å²) >= 11 is 0. The first-order valence-corrected chi connectivity index (χ1v) is 9.94. The van der Waals surface area contributed by atoms with Crippen molar-refractivity contribution >= 4 is 17.3 Å². The Hall–Kier alpha value is -3.48. The number of benzene rings is 2. The van der Waals surface area contributed by atoms with Gasteiger partial charge in [0, 0.05) is 11.5 Å². The second-order valence-electron chi connectivity index (χ2n) is 7.09. The van der Waals surface area contributed by atoms with E-state index in [2.05, 4.69) is 0 Å². The number of hydrogen-bond donors (Lipinski definition) is 1. The van der Waals surface area contributed by atoms with Crippen molar-refractivity contribution in [1.82, 2.24) is 0 Å². The molecule has 7 heteroatoms. The molecule has 0 spiro atoms. The number of carbonyl (C=O) groups is 2. The maximum atomic E-state index is 13.1. The van der Waals surface area contributed by atoms with Crippen molar-refractivity contribution in [2.45, 2.75) is 19.3 Å². The summed E-state index contributed by atoms with van der Waals surface area (Å²) in [5.41, 5.74) is 1.86. The Morgan fingerprint density at radius 2 is 1.71 bits per heavy atom. The van der Waals surface area contributed by atoms with Gasteiger partial charge in [0.15, 0.2) is 17.3 Å². The second-order valence-corrected chi connectivity index (χ2v) is 7.09. The van der Waals surface area contributed by atoms with Crippen molar-refractivity contribution in [3.05, 3.63) is 53.6 Å². The normalized spacial score (nSPS) is 18.2. The van der Waals surface area contributed by atoms with Gasteiger partial charge in [-0.15, -0.1) is 0 Å². The van der Waals surface area contributed by atoms with E-state index < -0.39 is 17.8 Å². The molecule has 0 heterocycles. The number of phenols is 1. The Bertz CT molecular complexity index is 984. The van der Waals surface area contributed by atoms with Crippen LogP contribution in [0.4, 0.5) is 0 Å². The lowest BCUT2D eigenvalue weighted by atomic mass is 9.73. The van der Waals surface area contributed by atoms with E-state index in [0.717, 1.165) is 0 Å². The number of para-hydroxylation sites is 1. The number of ether oxygens (including phenoxy) is 4. The molecule has 164 valence electrons. The first-order valence-electron chi connectivity index (χ1n) is 9.94. The Labute approximate surface area is 181 Å². The van der Waals surface area contributed by atoms with Crippen molar-refractivity contribution in [1.29, 1.82) is 0 Å². The third-order valence-electron chi connectivity index (χ3n) is 5.37. The minimum absolute atomic E-state index is 0.0692. The van der Waals surface area contributed by atoms with Crippen molar-refractivity contribution in [2.24, 2.45) is 5.92 Å². The number of ketones is 1. The van der Waals surface area contributed by atoms with E-state index in [1.165, 1.54) is 27.4 Å². The van der Waals surface area contributed by atoms with Crippen molar-refractivity contribution in [2.75, 3.05) is 27.9 Å². The van der Waals surface area contributed by atoms with Gasteiger partial charge in [-0.1, -0.05) is 18.2 Å². The average molecular weight is 426 g/mol. The van der Waals surface area contributed by atoms with Gasteiger partial charge >= 0.3 is 5.97 Å².